The summed E-state index contributed by atoms with van der Waals surface area (Å²) in [5, 5.41) is 15.8. The Kier molecular flexibility index (Phi) is 8.07. The van der Waals surface area contributed by atoms with Crippen molar-refractivity contribution in [3.63, 3.8) is 0 Å². The van der Waals surface area contributed by atoms with Gasteiger partial charge in [0.1, 0.15) is 0 Å². The van der Waals surface area contributed by atoms with E-state index < -0.39 is 10.0 Å². The van der Waals surface area contributed by atoms with E-state index in [2.05, 4.69) is 43.4 Å². The monoisotopic (exact) mass is 438 g/mol. The number of aryl methyl sites for hydroxylation is 2. The largest absolute Gasteiger partial charge is 0.398 e. The van der Waals surface area contributed by atoms with Crippen LogP contribution in [0.15, 0.2) is 71.6 Å². The fraction of sp³-hybridized carbons (Fsp3) is 0.130. The highest BCUT2D eigenvalue weighted by atomic mass is 32.2. The molecular weight excluding hydrogens is 412 g/mol. The molecule has 0 aromatic heterocycles. The molecule has 0 heterocycles. The number of primary sulfonamides is 1. The maximum absolute atomic E-state index is 11.4. The molecule has 0 aliphatic carbocycles. The third-order valence-corrected chi connectivity index (χ3v) is 5.40. The highest BCUT2D eigenvalue weighted by Gasteiger charge is 2.13. The lowest BCUT2D eigenvalue weighted by Gasteiger charge is -2.10. The Bertz CT molecular complexity index is 1190. The van der Waals surface area contributed by atoms with Gasteiger partial charge in [-0.15, -0.1) is 0 Å². The van der Waals surface area contributed by atoms with E-state index >= 15 is 0 Å². The van der Waals surface area contributed by atoms with Crippen molar-refractivity contribution in [1.29, 1.82) is 5.41 Å². The van der Waals surface area contributed by atoms with Gasteiger partial charge in [-0.1, -0.05) is 48.9 Å². The summed E-state index contributed by atoms with van der Waals surface area (Å²) in [5.41, 5.74) is 10.2. The molecule has 6 N–H and O–H groups in total. The Labute approximate surface area is 182 Å². The van der Waals surface area contributed by atoms with E-state index in [1.165, 1.54) is 35.4 Å². The molecule has 0 spiro atoms. The third-order valence-electron chi connectivity index (χ3n) is 4.49. The van der Waals surface area contributed by atoms with Crippen molar-refractivity contribution < 1.29 is 13.2 Å². The zero-order valence-corrected chi connectivity index (χ0v) is 18.2. The predicted molar refractivity (Wildman–Crippen MR) is 125 cm³/mol. The average molecular weight is 439 g/mol. The molecule has 8 heteroatoms. The van der Waals surface area contributed by atoms with Crippen molar-refractivity contribution >= 4 is 33.5 Å². The molecule has 3 aromatic carbocycles. The first-order valence-electron chi connectivity index (χ1n) is 9.53. The van der Waals surface area contributed by atoms with E-state index in [-0.39, 0.29) is 10.6 Å². The molecule has 0 unspecified atom stereocenters. The molecular formula is C23H26N4O3S. The van der Waals surface area contributed by atoms with Crippen molar-refractivity contribution in [2.24, 2.45) is 5.14 Å². The van der Waals surface area contributed by atoms with Gasteiger partial charge in [0.05, 0.1) is 10.6 Å². The number of hydrogen-bond acceptors (Lipinski definition) is 5. The van der Waals surface area contributed by atoms with Gasteiger partial charge in [-0.25, -0.2) is 13.6 Å². The number of benzene rings is 3. The van der Waals surface area contributed by atoms with Crippen LogP contribution in [0.1, 0.15) is 29.2 Å². The van der Waals surface area contributed by atoms with Crippen LogP contribution >= 0.6 is 0 Å². The zero-order chi connectivity index (χ0) is 23.0. The Balaban J connectivity index is 0.000000316. The molecule has 0 fully saturated rings. The number of nitrogen functional groups attached to an aromatic ring is 1. The summed E-state index contributed by atoms with van der Waals surface area (Å²) in [7, 11) is -3.85. The first-order valence-corrected chi connectivity index (χ1v) is 11.1. The molecule has 1 amide bonds. The molecule has 0 atom stereocenters. The van der Waals surface area contributed by atoms with Gasteiger partial charge in [0.25, 0.3) is 0 Å². The van der Waals surface area contributed by atoms with Crippen LogP contribution in [0.5, 0.6) is 0 Å². The first kappa shape index (κ1) is 23.8. The molecule has 31 heavy (non-hydrogen) atoms. The van der Waals surface area contributed by atoms with E-state index in [1.54, 1.807) is 18.2 Å². The number of anilines is 2. The van der Waals surface area contributed by atoms with Gasteiger partial charge in [0.15, 0.2) is 0 Å². The molecule has 162 valence electrons. The summed E-state index contributed by atoms with van der Waals surface area (Å²) in [6.07, 6.45) is 1.65. The summed E-state index contributed by atoms with van der Waals surface area (Å²) in [4.78, 5) is 10.4. The number of hydrogen-bond donors (Lipinski definition) is 4. The minimum atomic E-state index is -3.85. The minimum Gasteiger partial charge on any atom is -0.398 e. The molecule has 3 rings (SSSR count). The molecule has 3 aromatic rings. The van der Waals surface area contributed by atoms with E-state index in [9.17, 15) is 13.2 Å². The van der Waals surface area contributed by atoms with Crippen molar-refractivity contribution in [3.8, 4) is 0 Å². The molecule has 0 radical (unpaired) electrons. The minimum absolute atomic E-state index is 0.0255. The van der Waals surface area contributed by atoms with Gasteiger partial charge >= 0.3 is 0 Å². The second kappa shape index (κ2) is 10.5. The van der Waals surface area contributed by atoms with Gasteiger partial charge in [-0.3, -0.25) is 10.2 Å². The first-order chi connectivity index (χ1) is 14.7. The Morgan fingerprint density at radius 1 is 1.06 bits per heavy atom. The van der Waals surface area contributed by atoms with Crippen LogP contribution in [-0.2, 0) is 21.2 Å². The predicted octanol–water partition coefficient (Wildman–Crippen LogP) is 3.46. The van der Waals surface area contributed by atoms with Gasteiger partial charge in [-0.2, -0.15) is 0 Å². The van der Waals surface area contributed by atoms with Crippen LogP contribution in [0, 0.1) is 12.3 Å². The fourth-order valence-corrected chi connectivity index (χ4v) is 3.41. The highest BCUT2D eigenvalue weighted by Crippen LogP contribution is 2.22. The second-order valence-corrected chi connectivity index (χ2v) is 8.42. The fourth-order valence-electron chi connectivity index (χ4n) is 2.85. The average Bonchev–Trinajstić information content (AvgIpc) is 2.75. The van der Waals surface area contributed by atoms with Crippen LogP contribution in [-0.4, -0.2) is 20.5 Å². The number of nitrogens with two attached hydrogens (primary N) is 2. The zero-order valence-electron chi connectivity index (χ0n) is 17.4. The Hall–Kier alpha value is -3.49. The van der Waals surface area contributed by atoms with Crippen LogP contribution in [0.4, 0.5) is 11.4 Å². The Morgan fingerprint density at radius 3 is 2.35 bits per heavy atom. The summed E-state index contributed by atoms with van der Waals surface area (Å²) in [5.74, 6) is 0. The smallest absolute Gasteiger partial charge is 0.238 e. The third kappa shape index (κ3) is 6.77. The van der Waals surface area contributed by atoms with Gasteiger partial charge in [-0.05, 0) is 49.2 Å². The van der Waals surface area contributed by atoms with Crippen LogP contribution in [0.3, 0.4) is 0 Å². The lowest BCUT2D eigenvalue weighted by molar-refractivity contribution is -0.105. The Morgan fingerprint density at radius 2 is 1.77 bits per heavy atom. The van der Waals surface area contributed by atoms with Crippen molar-refractivity contribution in [2.75, 3.05) is 11.1 Å². The lowest BCUT2D eigenvalue weighted by atomic mass is 10.0. The number of sulfonamides is 1. The van der Waals surface area contributed by atoms with E-state index in [4.69, 9.17) is 16.3 Å². The van der Waals surface area contributed by atoms with E-state index in [1.807, 2.05) is 0 Å². The number of carbonyl (C=O) groups is 1. The second-order valence-electron chi connectivity index (χ2n) is 6.85. The summed E-state index contributed by atoms with van der Waals surface area (Å²) in [6.45, 7) is 4.30. The van der Waals surface area contributed by atoms with Crippen molar-refractivity contribution in [1.82, 2.24) is 0 Å². The summed E-state index contributed by atoms with van der Waals surface area (Å²) >= 11 is 0. The van der Waals surface area contributed by atoms with Crippen LogP contribution < -0.4 is 16.2 Å². The molecule has 0 aliphatic heterocycles. The quantitative estimate of drug-likeness (QED) is 0.266. The molecule has 7 nitrogen and oxygen atoms in total. The normalized spacial score (nSPS) is 10.5. The summed E-state index contributed by atoms with van der Waals surface area (Å²) in [6, 6.07) is 19.0. The molecule has 0 aliphatic rings. The van der Waals surface area contributed by atoms with E-state index in [0.29, 0.717) is 28.9 Å². The number of amides is 1. The van der Waals surface area contributed by atoms with Gasteiger partial charge < -0.3 is 11.1 Å². The molecule has 0 bridgehead atoms. The maximum Gasteiger partial charge on any atom is 0.238 e. The lowest BCUT2D eigenvalue weighted by Crippen LogP contribution is -2.13. The van der Waals surface area contributed by atoms with Gasteiger partial charge in [0.2, 0.25) is 16.4 Å². The number of nitrogens with one attached hydrogen (secondary N) is 2. The van der Waals surface area contributed by atoms with Crippen molar-refractivity contribution in [2.45, 2.75) is 25.2 Å². The number of carbonyl (C=O) groups excluding carboxylic acids is 1. The van der Waals surface area contributed by atoms with Crippen LogP contribution in [0.25, 0.3) is 0 Å². The summed E-state index contributed by atoms with van der Waals surface area (Å²) < 4.78 is 22.8. The van der Waals surface area contributed by atoms with Crippen LogP contribution in [0.2, 0.25) is 0 Å². The SMILES string of the molecule is CCc1cccc(C)c1.N=C(c1cccc(S(N)(=O)=O)c1)c1cc(NC=O)ccc1N. The van der Waals surface area contributed by atoms with Crippen molar-refractivity contribution in [3.05, 3.63) is 89.0 Å². The molecule has 0 saturated carbocycles. The van der Waals surface area contributed by atoms with E-state index in [0.717, 1.165) is 6.42 Å². The standard InChI is InChI=1S/C14H14N4O3S.C9H12/c15-13-5-4-10(18-8-19)7-12(13)14(16)9-2-1-3-11(6-9)22(17,20)21;1-3-9-6-4-5-8(2)7-9/h1-8,16H,15H2,(H,18,19)(H2,17,20,21);4-7H,3H2,1-2H3. The molecule has 0 saturated heterocycles. The topological polar surface area (TPSA) is 139 Å². The number of rotatable bonds is 6. The highest BCUT2D eigenvalue weighted by molar-refractivity contribution is 7.89. The maximum atomic E-state index is 11.4. The van der Waals surface area contributed by atoms with Gasteiger partial charge in [0, 0.05) is 22.5 Å².